The molecule has 1 aliphatic rings. The maximum atomic E-state index is 12.3. The third-order valence-corrected chi connectivity index (χ3v) is 4.90. The molecule has 2 heterocycles. The molecule has 0 spiro atoms. The van der Waals surface area contributed by atoms with Gasteiger partial charge in [-0.2, -0.15) is 0 Å². The van der Waals surface area contributed by atoms with Gasteiger partial charge in [-0.05, 0) is 36.4 Å². The van der Waals surface area contributed by atoms with Crippen LogP contribution in [0.15, 0.2) is 52.3 Å². The lowest BCUT2D eigenvalue weighted by atomic mass is 10.1. The number of ether oxygens (including phenoxy) is 2. The van der Waals surface area contributed by atoms with Crippen molar-refractivity contribution in [1.82, 2.24) is 4.98 Å². The van der Waals surface area contributed by atoms with Gasteiger partial charge in [-0.1, -0.05) is 22.0 Å². The van der Waals surface area contributed by atoms with E-state index in [1.54, 1.807) is 12.1 Å². The first-order valence-corrected chi connectivity index (χ1v) is 9.29. The largest absolute Gasteiger partial charge is 0.486 e. The van der Waals surface area contributed by atoms with E-state index in [0.29, 0.717) is 23.9 Å². The average Bonchev–Trinajstić information content (AvgIpc) is 3.10. The van der Waals surface area contributed by atoms with Crippen molar-refractivity contribution in [3.8, 4) is 22.8 Å². The van der Waals surface area contributed by atoms with Crippen LogP contribution in [0.3, 0.4) is 0 Å². The number of hydrogen-bond donors (Lipinski definition) is 1. The summed E-state index contributed by atoms with van der Waals surface area (Å²) >= 11 is 4.75. The third-order valence-electron chi connectivity index (χ3n) is 3.65. The van der Waals surface area contributed by atoms with Gasteiger partial charge in [0.15, 0.2) is 16.6 Å². The number of nitrogens with one attached hydrogen (secondary N) is 1. The second-order valence-electron chi connectivity index (χ2n) is 5.36. The molecule has 1 N–H and O–H groups in total. The zero-order valence-electron chi connectivity index (χ0n) is 13.0. The Morgan fingerprint density at radius 3 is 2.80 bits per heavy atom. The molecule has 2 aromatic carbocycles. The number of anilines is 1. The van der Waals surface area contributed by atoms with Crippen LogP contribution in [-0.4, -0.2) is 24.1 Å². The molecule has 1 aliphatic heterocycles. The Hall–Kier alpha value is -2.38. The number of nitrogens with zero attached hydrogens (tertiary/aromatic N) is 1. The molecule has 1 aromatic heterocycles. The summed E-state index contributed by atoms with van der Waals surface area (Å²) in [5.74, 6) is 1.27. The van der Waals surface area contributed by atoms with Crippen LogP contribution in [0.4, 0.5) is 5.13 Å². The lowest BCUT2D eigenvalue weighted by Gasteiger charge is -2.18. The van der Waals surface area contributed by atoms with E-state index >= 15 is 0 Å². The van der Waals surface area contributed by atoms with E-state index in [-0.39, 0.29) is 5.91 Å². The van der Waals surface area contributed by atoms with Gasteiger partial charge in [0.2, 0.25) is 0 Å². The third kappa shape index (κ3) is 3.52. The Bertz CT molecular complexity index is 942. The van der Waals surface area contributed by atoms with Gasteiger partial charge in [0, 0.05) is 21.0 Å². The molecule has 25 heavy (non-hydrogen) atoms. The van der Waals surface area contributed by atoms with Gasteiger partial charge in [0.1, 0.15) is 13.2 Å². The molecule has 0 atom stereocenters. The summed E-state index contributed by atoms with van der Waals surface area (Å²) in [5.41, 5.74) is 2.28. The Labute approximate surface area is 156 Å². The lowest BCUT2D eigenvalue weighted by molar-refractivity contribution is 0.102. The summed E-state index contributed by atoms with van der Waals surface area (Å²) in [5, 5.41) is 5.29. The average molecular weight is 417 g/mol. The van der Waals surface area contributed by atoms with E-state index in [0.717, 1.165) is 27.2 Å². The van der Waals surface area contributed by atoms with Crippen molar-refractivity contribution in [3.05, 3.63) is 57.9 Å². The highest BCUT2D eigenvalue weighted by atomic mass is 79.9. The molecule has 126 valence electrons. The van der Waals surface area contributed by atoms with Crippen LogP contribution in [0.5, 0.6) is 11.5 Å². The molecule has 0 radical (unpaired) electrons. The normalized spacial score (nSPS) is 12.7. The van der Waals surface area contributed by atoms with E-state index in [4.69, 9.17) is 9.47 Å². The van der Waals surface area contributed by atoms with Gasteiger partial charge in [0.25, 0.3) is 5.91 Å². The zero-order chi connectivity index (χ0) is 17.2. The molecule has 3 aromatic rings. The summed E-state index contributed by atoms with van der Waals surface area (Å²) < 4.78 is 12.0. The molecule has 0 unspecified atom stereocenters. The molecule has 4 rings (SSSR count). The van der Waals surface area contributed by atoms with Gasteiger partial charge in [0.05, 0.1) is 5.69 Å². The quantitative estimate of drug-likeness (QED) is 0.677. The Balaban J connectivity index is 1.53. The van der Waals surface area contributed by atoms with Gasteiger partial charge in [-0.25, -0.2) is 4.98 Å². The highest BCUT2D eigenvalue weighted by molar-refractivity contribution is 9.10. The molecule has 1 amide bonds. The van der Waals surface area contributed by atoms with Crippen LogP contribution in [0.1, 0.15) is 10.4 Å². The van der Waals surface area contributed by atoms with Crippen molar-refractivity contribution in [3.63, 3.8) is 0 Å². The maximum Gasteiger partial charge on any atom is 0.257 e. The monoisotopic (exact) mass is 416 g/mol. The topological polar surface area (TPSA) is 60.5 Å². The summed E-state index contributed by atoms with van der Waals surface area (Å²) in [6, 6.07) is 12.9. The van der Waals surface area contributed by atoms with Crippen molar-refractivity contribution < 1.29 is 14.3 Å². The van der Waals surface area contributed by atoms with Crippen molar-refractivity contribution >= 4 is 38.3 Å². The minimum Gasteiger partial charge on any atom is -0.486 e. The number of aromatic nitrogens is 1. The van der Waals surface area contributed by atoms with Gasteiger partial charge >= 0.3 is 0 Å². The van der Waals surface area contributed by atoms with Crippen LogP contribution < -0.4 is 14.8 Å². The number of hydrogen-bond acceptors (Lipinski definition) is 5. The Morgan fingerprint density at radius 1 is 1.12 bits per heavy atom. The van der Waals surface area contributed by atoms with Crippen molar-refractivity contribution in [2.24, 2.45) is 0 Å². The second kappa shape index (κ2) is 6.85. The fourth-order valence-electron chi connectivity index (χ4n) is 2.47. The number of benzene rings is 2. The van der Waals surface area contributed by atoms with Crippen molar-refractivity contribution in [1.29, 1.82) is 0 Å². The highest BCUT2D eigenvalue weighted by Gasteiger charge is 2.15. The van der Waals surface area contributed by atoms with Crippen molar-refractivity contribution in [2.75, 3.05) is 18.5 Å². The minimum atomic E-state index is -0.190. The molecule has 0 saturated carbocycles. The number of carbonyl (C=O) groups excluding carboxylic acids is 1. The minimum absolute atomic E-state index is 0.190. The van der Waals surface area contributed by atoms with Crippen LogP contribution in [0.2, 0.25) is 0 Å². The maximum absolute atomic E-state index is 12.3. The summed E-state index contributed by atoms with van der Waals surface area (Å²) in [6.07, 6.45) is 0. The van der Waals surface area contributed by atoms with Crippen LogP contribution >= 0.6 is 27.3 Å². The van der Waals surface area contributed by atoms with Crippen molar-refractivity contribution in [2.45, 2.75) is 0 Å². The Morgan fingerprint density at radius 2 is 1.96 bits per heavy atom. The smallest absolute Gasteiger partial charge is 0.257 e. The van der Waals surface area contributed by atoms with E-state index in [9.17, 15) is 4.79 Å². The van der Waals surface area contributed by atoms with Gasteiger partial charge in [-0.15, -0.1) is 11.3 Å². The van der Waals surface area contributed by atoms with Gasteiger partial charge < -0.3 is 9.47 Å². The molecular formula is C18H13BrN2O3S. The zero-order valence-corrected chi connectivity index (χ0v) is 15.4. The predicted molar refractivity (Wildman–Crippen MR) is 101 cm³/mol. The fraction of sp³-hybridized carbons (Fsp3) is 0.111. The molecule has 0 saturated heterocycles. The second-order valence-corrected chi connectivity index (χ2v) is 7.13. The number of halogens is 1. The number of rotatable bonds is 3. The first-order valence-electron chi connectivity index (χ1n) is 7.61. The van der Waals surface area contributed by atoms with E-state index < -0.39 is 0 Å². The van der Waals surface area contributed by atoms with Crippen LogP contribution in [-0.2, 0) is 0 Å². The number of thiazole rings is 1. The summed E-state index contributed by atoms with van der Waals surface area (Å²) in [4.78, 5) is 16.8. The predicted octanol–water partition coefficient (Wildman–Crippen LogP) is 4.60. The standard InChI is InChI=1S/C18H13BrN2O3S/c19-13-3-1-2-12(8-13)17(22)21-18-20-14(10-25-18)11-4-5-15-16(9-11)24-7-6-23-15/h1-5,8-10H,6-7H2,(H,20,21,22). The summed E-state index contributed by atoms with van der Waals surface area (Å²) in [6.45, 7) is 1.11. The molecule has 0 aliphatic carbocycles. The number of carbonyl (C=O) groups is 1. The fourth-order valence-corrected chi connectivity index (χ4v) is 3.58. The van der Waals surface area contributed by atoms with E-state index in [1.807, 2.05) is 35.7 Å². The van der Waals surface area contributed by atoms with Gasteiger partial charge in [-0.3, -0.25) is 10.1 Å². The highest BCUT2D eigenvalue weighted by Crippen LogP contribution is 2.35. The molecular weight excluding hydrogens is 404 g/mol. The van der Waals surface area contributed by atoms with E-state index in [2.05, 4.69) is 26.2 Å². The first-order chi connectivity index (χ1) is 12.2. The molecule has 0 bridgehead atoms. The van der Waals surface area contributed by atoms with E-state index in [1.165, 1.54) is 11.3 Å². The summed E-state index contributed by atoms with van der Waals surface area (Å²) in [7, 11) is 0. The lowest BCUT2D eigenvalue weighted by Crippen LogP contribution is -2.15. The Kier molecular flexibility index (Phi) is 4.42. The molecule has 7 heteroatoms. The SMILES string of the molecule is O=C(Nc1nc(-c2ccc3c(c2)OCCO3)cs1)c1cccc(Br)c1. The first kappa shape index (κ1) is 16.1. The molecule has 5 nitrogen and oxygen atoms in total. The number of amides is 1. The molecule has 0 fully saturated rings. The number of fused-ring (bicyclic) bond motifs is 1. The van der Waals surface area contributed by atoms with Crippen LogP contribution in [0, 0.1) is 0 Å². The van der Waals surface area contributed by atoms with Crippen LogP contribution in [0.25, 0.3) is 11.3 Å².